The van der Waals surface area contributed by atoms with Crippen LogP contribution < -0.4 is 5.43 Å². The Balaban J connectivity index is 2.29. The summed E-state index contributed by atoms with van der Waals surface area (Å²) in [6.07, 6.45) is 8.76. The van der Waals surface area contributed by atoms with Crippen molar-refractivity contribution in [2.75, 3.05) is 0 Å². The van der Waals surface area contributed by atoms with Gasteiger partial charge in [-0.25, -0.2) is 0 Å². The van der Waals surface area contributed by atoms with E-state index in [2.05, 4.69) is 11.5 Å². The first-order chi connectivity index (χ1) is 4.47. The van der Waals surface area contributed by atoms with Crippen LogP contribution in [0.15, 0.2) is 28.9 Å². The van der Waals surface area contributed by atoms with Crippen molar-refractivity contribution in [1.29, 1.82) is 0 Å². The third-order valence-corrected chi connectivity index (χ3v) is 1.91. The number of fused-ring (bicyclic) bond motifs is 1. The molecule has 2 aliphatic rings. The lowest BCUT2D eigenvalue weighted by molar-refractivity contribution is 0.421. The van der Waals surface area contributed by atoms with Crippen molar-refractivity contribution in [2.45, 2.75) is 0 Å². The Morgan fingerprint density at radius 3 is 3.56 bits per heavy atom. The van der Waals surface area contributed by atoms with E-state index >= 15 is 0 Å². The maximum atomic E-state index is 3.08. The summed E-state index contributed by atoms with van der Waals surface area (Å²) >= 11 is 1.66. The molecule has 0 amide bonds. The van der Waals surface area contributed by atoms with Gasteiger partial charge in [0.25, 0.3) is 0 Å². The van der Waals surface area contributed by atoms with Crippen LogP contribution in [-0.2, 0) is 0 Å². The third-order valence-electron chi connectivity index (χ3n) is 1.11. The molecule has 0 fully saturated rings. The summed E-state index contributed by atoms with van der Waals surface area (Å²) in [5.41, 5.74) is 3.03. The van der Waals surface area contributed by atoms with Crippen LogP contribution in [0.3, 0.4) is 0 Å². The molecule has 0 aromatic heterocycles. The van der Waals surface area contributed by atoms with E-state index in [1.165, 1.54) is 0 Å². The fourth-order valence-electron chi connectivity index (χ4n) is 0.716. The lowest BCUT2D eigenvalue weighted by atomic mass is 10.5. The molecule has 2 nitrogen and oxygen atoms in total. The van der Waals surface area contributed by atoms with Crippen LogP contribution in [0.5, 0.6) is 0 Å². The van der Waals surface area contributed by atoms with E-state index in [1.807, 2.05) is 28.9 Å². The minimum atomic E-state index is 1.11. The Hall–Kier alpha value is -0.830. The molecule has 0 aliphatic carbocycles. The molecule has 45 valence electrons. The molecular formula is C6H5N2S. The predicted octanol–water partition coefficient (Wildman–Crippen LogP) is 1.18. The van der Waals surface area contributed by atoms with Gasteiger partial charge in [-0.1, -0.05) is 11.8 Å². The Labute approximate surface area is 57.9 Å². The molecule has 0 spiro atoms. The van der Waals surface area contributed by atoms with Crippen molar-refractivity contribution in [1.82, 2.24) is 10.4 Å². The SMILES string of the molecule is [C]1=C2SC=CN2NC=C1. The van der Waals surface area contributed by atoms with Gasteiger partial charge in [0.2, 0.25) is 0 Å². The summed E-state index contributed by atoms with van der Waals surface area (Å²) in [6, 6.07) is 0. The molecule has 0 saturated carbocycles. The number of hydrogen-bond donors (Lipinski definition) is 1. The van der Waals surface area contributed by atoms with Crippen LogP contribution in [0.2, 0.25) is 0 Å². The first kappa shape index (κ1) is 4.99. The monoisotopic (exact) mass is 137 g/mol. The number of hydrazine groups is 1. The molecule has 0 aromatic carbocycles. The van der Waals surface area contributed by atoms with Crippen LogP contribution in [0, 0.1) is 6.08 Å². The molecule has 9 heavy (non-hydrogen) atoms. The van der Waals surface area contributed by atoms with Crippen molar-refractivity contribution in [3.05, 3.63) is 35.0 Å². The van der Waals surface area contributed by atoms with Gasteiger partial charge >= 0.3 is 0 Å². The number of allylic oxidation sites excluding steroid dienone is 2. The average Bonchev–Trinajstić information content (AvgIpc) is 2.33. The van der Waals surface area contributed by atoms with Gasteiger partial charge in [-0.2, -0.15) is 0 Å². The van der Waals surface area contributed by atoms with E-state index in [0.29, 0.717) is 0 Å². The van der Waals surface area contributed by atoms with Crippen LogP contribution in [0.1, 0.15) is 0 Å². The van der Waals surface area contributed by atoms with Crippen LogP contribution >= 0.6 is 11.8 Å². The van der Waals surface area contributed by atoms with Crippen LogP contribution in [-0.4, -0.2) is 5.01 Å². The van der Waals surface area contributed by atoms with Gasteiger partial charge in [0.1, 0.15) is 5.03 Å². The smallest absolute Gasteiger partial charge is 0.108 e. The highest BCUT2D eigenvalue weighted by Gasteiger charge is 2.11. The van der Waals surface area contributed by atoms with Gasteiger partial charge in [-0.05, 0) is 11.5 Å². The minimum Gasteiger partial charge on any atom is -0.301 e. The van der Waals surface area contributed by atoms with Crippen molar-refractivity contribution >= 4 is 11.8 Å². The summed E-state index contributed by atoms with van der Waals surface area (Å²) in [5, 5.41) is 5.05. The van der Waals surface area contributed by atoms with Gasteiger partial charge < -0.3 is 5.43 Å². The zero-order valence-corrected chi connectivity index (χ0v) is 5.48. The fraction of sp³-hybridized carbons (Fsp3) is 0. The second-order valence-corrected chi connectivity index (χ2v) is 2.58. The van der Waals surface area contributed by atoms with Gasteiger partial charge in [-0.3, -0.25) is 5.01 Å². The molecule has 0 saturated heterocycles. The highest BCUT2D eigenvalue weighted by molar-refractivity contribution is 8.05. The summed E-state index contributed by atoms with van der Waals surface area (Å²) in [7, 11) is 0. The van der Waals surface area contributed by atoms with E-state index in [-0.39, 0.29) is 0 Å². The first-order valence-corrected chi connectivity index (χ1v) is 3.52. The first-order valence-electron chi connectivity index (χ1n) is 2.64. The molecular weight excluding hydrogens is 132 g/mol. The molecule has 2 rings (SSSR count). The Morgan fingerprint density at radius 1 is 1.67 bits per heavy atom. The zero-order chi connectivity index (χ0) is 6.10. The van der Waals surface area contributed by atoms with Gasteiger partial charge in [0, 0.05) is 18.5 Å². The van der Waals surface area contributed by atoms with Gasteiger partial charge in [-0.15, -0.1) is 0 Å². The standard InChI is InChI=1S/C6H5N2S/c1-2-6-8(7-3-1)4-5-9-6/h1,3-5,7H. The molecule has 1 radical (unpaired) electrons. The highest BCUT2D eigenvalue weighted by atomic mass is 32.2. The average molecular weight is 137 g/mol. The van der Waals surface area contributed by atoms with Crippen molar-refractivity contribution < 1.29 is 0 Å². The number of rotatable bonds is 0. The molecule has 0 aromatic rings. The maximum Gasteiger partial charge on any atom is 0.108 e. The predicted molar refractivity (Wildman–Crippen MR) is 37.6 cm³/mol. The Bertz CT molecular complexity index is 205. The molecule has 0 atom stereocenters. The van der Waals surface area contributed by atoms with Crippen molar-refractivity contribution in [2.24, 2.45) is 0 Å². The number of thioether (sulfide) groups is 1. The quantitative estimate of drug-likeness (QED) is 0.539. The Morgan fingerprint density at radius 2 is 2.67 bits per heavy atom. The van der Waals surface area contributed by atoms with E-state index in [4.69, 9.17) is 0 Å². The summed E-state index contributed by atoms with van der Waals surface area (Å²) in [5.74, 6) is 0. The summed E-state index contributed by atoms with van der Waals surface area (Å²) in [6.45, 7) is 0. The molecule has 1 N–H and O–H groups in total. The Kier molecular flexibility index (Phi) is 1.02. The van der Waals surface area contributed by atoms with Gasteiger partial charge in [0.15, 0.2) is 0 Å². The van der Waals surface area contributed by atoms with Gasteiger partial charge in [0.05, 0.1) is 0 Å². The van der Waals surface area contributed by atoms with Crippen molar-refractivity contribution in [3.63, 3.8) is 0 Å². The summed E-state index contributed by atoms with van der Waals surface area (Å²) < 4.78 is 0. The number of nitrogens with one attached hydrogen (secondary N) is 1. The lowest BCUT2D eigenvalue weighted by Crippen LogP contribution is -2.26. The second kappa shape index (κ2) is 1.84. The molecule has 0 unspecified atom stereocenters. The van der Waals surface area contributed by atoms with E-state index in [9.17, 15) is 0 Å². The number of hydrogen-bond acceptors (Lipinski definition) is 3. The van der Waals surface area contributed by atoms with Crippen LogP contribution in [0.25, 0.3) is 0 Å². The van der Waals surface area contributed by atoms with Crippen LogP contribution in [0.4, 0.5) is 0 Å². The fourth-order valence-corrected chi connectivity index (χ4v) is 1.39. The zero-order valence-electron chi connectivity index (χ0n) is 4.66. The maximum absolute atomic E-state index is 3.08. The highest BCUT2D eigenvalue weighted by Crippen LogP contribution is 2.27. The van der Waals surface area contributed by atoms with E-state index in [1.54, 1.807) is 11.8 Å². The summed E-state index contributed by atoms with van der Waals surface area (Å²) in [4.78, 5) is 0. The molecule has 2 heterocycles. The van der Waals surface area contributed by atoms with E-state index < -0.39 is 0 Å². The second-order valence-electron chi connectivity index (χ2n) is 1.68. The molecule has 0 bridgehead atoms. The minimum absolute atomic E-state index is 1.11. The topological polar surface area (TPSA) is 15.3 Å². The third kappa shape index (κ3) is 0.733. The largest absolute Gasteiger partial charge is 0.301 e. The molecule has 3 heteroatoms. The molecule has 2 aliphatic heterocycles. The lowest BCUT2D eigenvalue weighted by Gasteiger charge is -2.18. The number of nitrogens with zero attached hydrogens (tertiary/aromatic N) is 1. The van der Waals surface area contributed by atoms with Crippen molar-refractivity contribution in [3.8, 4) is 0 Å². The normalized spacial score (nSPS) is 21.3. The van der Waals surface area contributed by atoms with E-state index in [0.717, 1.165) is 5.03 Å².